The fourth-order valence-electron chi connectivity index (χ4n) is 4.53. The van der Waals surface area contributed by atoms with Crippen molar-refractivity contribution in [3.05, 3.63) is 89.0 Å². The van der Waals surface area contributed by atoms with Crippen molar-refractivity contribution in [1.82, 2.24) is 4.90 Å². The molecular formula is C30H35N3O3. The number of hydrogen-bond donors (Lipinski definition) is 1. The molecule has 0 bridgehead atoms. The zero-order valence-electron chi connectivity index (χ0n) is 21.6. The number of carbonyl (C=O) groups is 2. The van der Waals surface area contributed by atoms with Gasteiger partial charge in [-0.1, -0.05) is 56.3 Å². The highest BCUT2D eigenvalue weighted by molar-refractivity contribution is 6.01. The van der Waals surface area contributed by atoms with Gasteiger partial charge in [-0.05, 0) is 65.8 Å². The van der Waals surface area contributed by atoms with Crippen molar-refractivity contribution in [1.29, 1.82) is 0 Å². The molecule has 36 heavy (non-hydrogen) atoms. The van der Waals surface area contributed by atoms with Gasteiger partial charge < -0.3 is 15.0 Å². The zero-order valence-corrected chi connectivity index (χ0v) is 21.6. The van der Waals surface area contributed by atoms with E-state index in [2.05, 4.69) is 43.4 Å². The Morgan fingerprint density at radius 1 is 1.00 bits per heavy atom. The van der Waals surface area contributed by atoms with Gasteiger partial charge in [0.15, 0.2) is 0 Å². The van der Waals surface area contributed by atoms with Crippen LogP contribution in [-0.2, 0) is 17.8 Å². The number of urea groups is 1. The van der Waals surface area contributed by atoms with Crippen LogP contribution < -0.4 is 15.0 Å². The number of amides is 3. The maximum atomic E-state index is 13.5. The number of hydrogen-bond acceptors (Lipinski definition) is 3. The van der Waals surface area contributed by atoms with Gasteiger partial charge in [0.05, 0.1) is 24.9 Å². The number of rotatable bonds is 8. The van der Waals surface area contributed by atoms with Gasteiger partial charge in [0, 0.05) is 19.6 Å². The van der Waals surface area contributed by atoms with E-state index in [1.165, 1.54) is 5.56 Å². The van der Waals surface area contributed by atoms with Gasteiger partial charge >= 0.3 is 6.03 Å². The lowest BCUT2D eigenvalue weighted by atomic mass is 10.0. The Kier molecular flexibility index (Phi) is 7.93. The molecule has 0 aromatic heterocycles. The quantitative estimate of drug-likeness (QED) is 0.417. The van der Waals surface area contributed by atoms with Gasteiger partial charge in [0.2, 0.25) is 5.91 Å². The first kappa shape index (κ1) is 25.3. The molecule has 1 heterocycles. The maximum absolute atomic E-state index is 13.5. The average molecular weight is 486 g/mol. The molecule has 0 unspecified atom stereocenters. The highest BCUT2D eigenvalue weighted by Gasteiger charge is 2.28. The summed E-state index contributed by atoms with van der Waals surface area (Å²) in [5.41, 5.74) is 5.67. The summed E-state index contributed by atoms with van der Waals surface area (Å²) in [5, 5.41) is 3.04. The molecule has 1 aliphatic rings. The highest BCUT2D eigenvalue weighted by atomic mass is 16.5. The van der Waals surface area contributed by atoms with Crippen LogP contribution in [0.2, 0.25) is 0 Å². The van der Waals surface area contributed by atoms with E-state index in [1.807, 2.05) is 54.3 Å². The summed E-state index contributed by atoms with van der Waals surface area (Å²) in [4.78, 5) is 30.1. The Morgan fingerprint density at radius 3 is 2.50 bits per heavy atom. The van der Waals surface area contributed by atoms with Crippen molar-refractivity contribution < 1.29 is 14.3 Å². The van der Waals surface area contributed by atoms with Crippen LogP contribution in [0.15, 0.2) is 66.7 Å². The molecule has 3 aromatic rings. The van der Waals surface area contributed by atoms with Crippen LogP contribution in [0.25, 0.3) is 0 Å². The molecule has 1 fully saturated rings. The summed E-state index contributed by atoms with van der Waals surface area (Å²) < 4.78 is 5.27. The molecule has 1 saturated heterocycles. The summed E-state index contributed by atoms with van der Waals surface area (Å²) in [6.07, 6.45) is 1.08. The van der Waals surface area contributed by atoms with Crippen molar-refractivity contribution >= 4 is 23.3 Å². The van der Waals surface area contributed by atoms with Gasteiger partial charge in [-0.25, -0.2) is 4.79 Å². The lowest BCUT2D eigenvalue weighted by molar-refractivity contribution is -0.115. The van der Waals surface area contributed by atoms with Crippen LogP contribution in [0, 0.1) is 6.92 Å². The fourth-order valence-corrected chi connectivity index (χ4v) is 4.53. The lowest BCUT2D eigenvalue weighted by Crippen LogP contribution is -2.49. The molecule has 1 N–H and O–H groups in total. The van der Waals surface area contributed by atoms with Crippen molar-refractivity contribution in [3.63, 3.8) is 0 Å². The summed E-state index contributed by atoms with van der Waals surface area (Å²) >= 11 is 0. The molecule has 6 nitrogen and oxygen atoms in total. The molecule has 3 amide bonds. The van der Waals surface area contributed by atoms with Crippen molar-refractivity contribution in [3.8, 4) is 5.75 Å². The molecule has 188 valence electrons. The summed E-state index contributed by atoms with van der Waals surface area (Å²) in [5.74, 6) is 1.06. The first-order valence-electron chi connectivity index (χ1n) is 12.5. The molecule has 0 aliphatic carbocycles. The van der Waals surface area contributed by atoms with Crippen LogP contribution in [0.1, 0.15) is 48.4 Å². The lowest BCUT2D eigenvalue weighted by Gasteiger charge is -2.36. The standard InChI is InChI=1S/C30H35N3O3/c1-21(2)25-12-10-23(11-13-25)20-32-15-6-16-33(30(32)35)28-14-9-22(3)17-27(28)31-29(34)19-24-7-5-8-26(18-24)36-4/h5,7-14,17-18,21H,6,15-16,19-20H2,1-4H3,(H,31,34). The molecule has 4 rings (SSSR count). The first-order chi connectivity index (χ1) is 17.3. The molecule has 0 radical (unpaired) electrons. The number of aryl methyl sites for hydroxylation is 1. The number of nitrogens with zero attached hydrogens (tertiary/aromatic N) is 2. The first-order valence-corrected chi connectivity index (χ1v) is 12.5. The number of benzene rings is 3. The SMILES string of the molecule is COc1cccc(CC(=O)Nc2cc(C)ccc2N2CCCN(Cc3ccc(C(C)C)cc3)C2=O)c1. The van der Waals surface area contributed by atoms with Gasteiger partial charge in [0.1, 0.15) is 5.75 Å². The third-order valence-electron chi connectivity index (χ3n) is 6.55. The molecule has 1 aliphatic heterocycles. The summed E-state index contributed by atoms with van der Waals surface area (Å²) in [6.45, 7) is 8.23. The van der Waals surface area contributed by atoms with Gasteiger partial charge in [-0.15, -0.1) is 0 Å². The number of carbonyl (C=O) groups excluding carboxylic acids is 2. The second kappa shape index (κ2) is 11.3. The monoisotopic (exact) mass is 485 g/mol. The molecule has 6 heteroatoms. The van der Waals surface area contributed by atoms with E-state index in [-0.39, 0.29) is 18.4 Å². The molecule has 0 saturated carbocycles. The van der Waals surface area contributed by atoms with E-state index < -0.39 is 0 Å². The van der Waals surface area contributed by atoms with E-state index in [0.29, 0.717) is 31.2 Å². The van der Waals surface area contributed by atoms with Crippen molar-refractivity contribution in [2.24, 2.45) is 0 Å². The Bertz CT molecular complexity index is 1220. The van der Waals surface area contributed by atoms with Crippen LogP contribution in [0.5, 0.6) is 5.75 Å². The second-order valence-corrected chi connectivity index (χ2v) is 9.70. The fraction of sp³-hybridized carbons (Fsp3) is 0.333. The Morgan fingerprint density at radius 2 is 1.78 bits per heavy atom. The largest absolute Gasteiger partial charge is 0.497 e. The van der Waals surface area contributed by atoms with E-state index in [0.717, 1.165) is 34.5 Å². The number of methoxy groups -OCH3 is 1. The Hall–Kier alpha value is -3.80. The van der Waals surface area contributed by atoms with E-state index in [9.17, 15) is 9.59 Å². The minimum atomic E-state index is -0.137. The number of nitrogens with one attached hydrogen (secondary N) is 1. The summed E-state index contributed by atoms with van der Waals surface area (Å²) in [6, 6.07) is 21.8. The third kappa shape index (κ3) is 6.06. The van der Waals surface area contributed by atoms with E-state index in [1.54, 1.807) is 12.0 Å². The van der Waals surface area contributed by atoms with Crippen LogP contribution in [0.3, 0.4) is 0 Å². The van der Waals surface area contributed by atoms with Gasteiger partial charge in [0.25, 0.3) is 0 Å². The van der Waals surface area contributed by atoms with Gasteiger partial charge in [-0.2, -0.15) is 0 Å². The smallest absolute Gasteiger partial charge is 0.324 e. The second-order valence-electron chi connectivity index (χ2n) is 9.70. The third-order valence-corrected chi connectivity index (χ3v) is 6.55. The number of ether oxygens (including phenoxy) is 1. The molecular weight excluding hydrogens is 450 g/mol. The van der Waals surface area contributed by atoms with Crippen LogP contribution in [-0.4, -0.2) is 37.0 Å². The predicted molar refractivity (Wildman–Crippen MR) is 145 cm³/mol. The Balaban J connectivity index is 1.50. The van der Waals surface area contributed by atoms with Crippen LogP contribution in [0.4, 0.5) is 16.2 Å². The highest BCUT2D eigenvalue weighted by Crippen LogP contribution is 2.31. The number of anilines is 2. The Labute approximate surface area is 213 Å². The van der Waals surface area contributed by atoms with Crippen molar-refractivity contribution in [2.45, 2.75) is 46.1 Å². The maximum Gasteiger partial charge on any atom is 0.324 e. The van der Waals surface area contributed by atoms with Crippen molar-refractivity contribution in [2.75, 3.05) is 30.4 Å². The molecule has 0 spiro atoms. The normalized spacial score (nSPS) is 13.8. The summed E-state index contributed by atoms with van der Waals surface area (Å²) in [7, 11) is 1.61. The predicted octanol–water partition coefficient (Wildman–Crippen LogP) is 6.14. The average Bonchev–Trinajstić information content (AvgIpc) is 2.86. The molecule has 0 atom stereocenters. The minimum absolute atomic E-state index is 0.0404. The topological polar surface area (TPSA) is 61.9 Å². The van der Waals surface area contributed by atoms with Gasteiger partial charge in [-0.3, -0.25) is 9.69 Å². The van der Waals surface area contributed by atoms with Crippen LogP contribution >= 0.6 is 0 Å². The minimum Gasteiger partial charge on any atom is -0.497 e. The van der Waals surface area contributed by atoms with E-state index >= 15 is 0 Å². The zero-order chi connectivity index (χ0) is 25.7. The van der Waals surface area contributed by atoms with E-state index in [4.69, 9.17) is 4.74 Å². The molecule has 3 aromatic carbocycles.